The lowest BCUT2D eigenvalue weighted by atomic mass is 10.0. The van der Waals surface area contributed by atoms with Crippen molar-refractivity contribution in [3.8, 4) is 0 Å². The number of benzene rings is 2. The van der Waals surface area contributed by atoms with Gasteiger partial charge in [-0.05, 0) is 22.9 Å². The summed E-state index contributed by atoms with van der Waals surface area (Å²) in [6.45, 7) is 2.85. The third-order valence-electron chi connectivity index (χ3n) is 3.54. The molecule has 112 valence electrons. The minimum atomic E-state index is 0. The number of fused-ring (bicyclic) bond motifs is 1. The Hall–Kier alpha value is -1.23. The molecule has 0 saturated carbocycles. The van der Waals surface area contributed by atoms with Crippen LogP contribution in [-0.4, -0.2) is 31.3 Å². The van der Waals surface area contributed by atoms with Gasteiger partial charge in [0.1, 0.15) is 0 Å². The van der Waals surface area contributed by atoms with Crippen LogP contribution in [0.5, 0.6) is 0 Å². The summed E-state index contributed by atoms with van der Waals surface area (Å²) in [4.78, 5) is 12.9. The number of amides is 1. The summed E-state index contributed by atoms with van der Waals surface area (Å²) in [7, 11) is 0. The van der Waals surface area contributed by atoms with Crippen LogP contribution in [0.2, 0.25) is 0 Å². The maximum Gasteiger partial charge on any atom is 0.230 e. The van der Waals surface area contributed by atoms with Gasteiger partial charge in [-0.2, -0.15) is 0 Å². The predicted octanol–water partition coefficient (Wildman–Crippen LogP) is 2.69. The number of halogens is 1. The molecule has 1 aliphatic rings. The lowest BCUT2D eigenvalue weighted by Gasteiger charge is -2.27. The fourth-order valence-corrected chi connectivity index (χ4v) is 2.98. The van der Waals surface area contributed by atoms with Crippen molar-refractivity contribution in [1.82, 2.24) is 10.6 Å². The van der Waals surface area contributed by atoms with Crippen molar-refractivity contribution < 1.29 is 4.79 Å². The second kappa shape index (κ2) is 7.69. The molecular formula is C16H19ClN2OS. The van der Waals surface area contributed by atoms with E-state index >= 15 is 0 Å². The van der Waals surface area contributed by atoms with E-state index < -0.39 is 0 Å². The quantitative estimate of drug-likeness (QED) is 0.832. The van der Waals surface area contributed by atoms with Gasteiger partial charge in [0.25, 0.3) is 0 Å². The molecule has 1 saturated heterocycles. The highest BCUT2D eigenvalue weighted by Crippen LogP contribution is 2.23. The number of hydrogen-bond donors (Lipinski definition) is 2. The van der Waals surface area contributed by atoms with E-state index in [1.165, 1.54) is 10.8 Å². The highest BCUT2D eigenvalue weighted by Gasteiger charge is 2.16. The second-order valence-corrected chi connectivity index (χ2v) is 6.17. The van der Waals surface area contributed by atoms with E-state index in [9.17, 15) is 4.79 Å². The van der Waals surface area contributed by atoms with Crippen molar-refractivity contribution in [2.24, 2.45) is 5.92 Å². The fraction of sp³-hybridized carbons (Fsp3) is 0.312. The van der Waals surface area contributed by atoms with Crippen LogP contribution in [0.1, 0.15) is 0 Å². The van der Waals surface area contributed by atoms with E-state index in [-0.39, 0.29) is 18.3 Å². The van der Waals surface area contributed by atoms with Gasteiger partial charge < -0.3 is 10.6 Å². The van der Waals surface area contributed by atoms with Crippen LogP contribution in [0.15, 0.2) is 47.4 Å². The molecule has 3 rings (SSSR count). The smallest absolute Gasteiger partial charge is 0.230 e. The summed E-state index contributed by atoms with van der Waals surface area (Å²) < 4.78 is 0. The third kappa shape index (κ3) is 4.37. The molecule has 2 N–H and O–H groups in total. The molecule has 0 aliphatic carbocycles. The highest BCUT2D eigenvalue weighted by molar-refractivity contribution is 8.00. The van der Waals surface area contributed by atoms with Gasteiger partial charge in [-0.3, -0.25) is 4.79 Å². The van der Waals surface area contributed by atoms with Crippen molar-refractivity contribution in [3.63, 3.8) is 0 Å². The van der Waals surface area contributed by atoms with Gasteiger partial charge in [0.2, 0.25) is 5.91 Å². The average molecular weight is 323 g/mol. The molecule has 21 heavy (non-hydrogen) atoms. The molecule has 2 aromatic rings. The van der Waals surface area contributed by atoms with Crippen LogP contribution < -0.4 is 10.6 Å². The lowest BCUT2D eigenvalue weighted by Crippen LogP contribution is -2.48. The maximum atomic E-state index is 11.8. The molecule has 2 aromatic carbocycles. The first-order valence-electron chi connectivity index (χ1n) is 6.90. The Morgan fingerprint density at radius 3 is 2.67 bits per heavy atom. The molecule has 0 unspecified atom stereocenters. The SMILES string of the molecule is Cl.O=C(CSc1ccc2ccccc2c1)NCC1CNC1. The first-order chi connectivity index (χ1) is 9.81. The number of hydrogen-bond acceptors (Lipinski definition) is 3. The van der Waals surface area contributed by atoms with Gasteiger partial charge in [-0.25, -0.2) is 0 Å². The molecule has 0 aromatic heterocycles. The summed E-state index contributed by atoms with van der Waals surface area (Å²) in [5.41, 5.74) is 0. The molecule has 5 heteroatoms. The second-order valence-electron chi connectivity index (χ2n) is 5.13. The van der Waals surface area contributed by atoms with Gasteiger partial charge in [0.15, 0.2) is 0 Å². The molecule has 0 spiro atoms. The van der Waals surface area contributed by atoms with E-state index in [1.807, 2.05) is 12.1 Å². The topological polar surface area (TPSA) is 41.1 Å². The fourth-order valence-electron chi connectivity index (χ4n) is 2.21. The number of carbonyl (C=O) groups excluding carboxylic acids is 1. The van der Waals surface area contributed by atoms with E-state index in [0.29, 0.717) is 11.7 Å². The molecule has 0 radical (unpaired) electrons. The van der Waals surface area contributed by atoms with E-state index in [2.05, 4.69) is 41.0 Å². The molecule has 0 atom stereocenters. The van der Waals surface area contributed by atoms with Crippen molar-refractivity contribution in [2.45, 2.75) is 4.90 Å². The predicted molar refractivity (Wildman–Crippen MR) is 91.3 cm³/mol. The molecule has 1 fully saturated rings. The Balaban J connectivity index is 0.00000161. The zero-order valence-electron chi connectivity index (χ0n) is 11.7. The van der Waals surface area contributed by atoms with Gasteiger partial charge in [0.05, 0.1) is 5.75 Å². The van der Waals surface area contributed by atoms with Gasteiger partial charge >= 0.3 is 0 Å². The Kier molecular flexibility index (Phi) is 5.91. The Morgan fingerprint density at radius 1 is 1.19 bits per heavy atom. The normalized spacial score (nSPS) is 14.3. The van der Waals surface area contributed by atoms with Crippen LogP contribution in [0.25, 0.3) is 10.8 Å². The highest BCUT2D eigenvalue weighted by atomic mass is 35.5. The first kappa shape index (κ1) is 16.1. The van der Waals surface area contributed by atoms with Crippen LogP contribution in [0.3, 0.4) is 0 Å². The van der Waals surface area contributed by atoms with E-state index in [0.717, 1.165) is 24.5 Å². The summed E-state index contributed by atoms with van der Waals surface area (Å²) in [5.74, 6) is 1.22. The molecule has 1 heterocycles. The van der Waals surface area contributed by atoms with Gasteiger partial charge in [-0.1, -0.05) is 30.3 Å². The molecular weight excluding hydrogens is 304 g/mol. The summed E-state index contributed by atoms with van der Waals surface area (Å²) in [6.07, 6.45) is 0. The first-order valence-corrected chi connectivity index (χ1v) is 7.89. The molecule has 1 aliphatic heterocycles. The largest absolute Gasteiger partial charge is 0.355 e. The lowest BCUT2D eigenvalue weighted by molar-refractivity contribution is -0.118. The molecule has 1 amide bonds. The standard InChI is InChI=1S/C16H18N2OS.ClH/c19-16(18-10-12-8-17-9-12)11-20-15-6-5-13-3-1-2-4-14(13)7-15;/h1-7,12,17H,8-11H2,(H,18,19);1H. The number of nitrogens with one attached hydrogen (secondary N) is 2. The van der Waals surface area contributed by atoms with Crippen molar-refractivity contribution in [2.75, 3.05) is 25.4 Å². The van der Waals surface area contributed by atoms with Crippen LogP contribution in [0.4, 0.5) is 0 Å². The molecule has 0 bridgehead atoms. The van der Waals surface area contributed by atoms with Gasteiger partial charge in [0, 0.05) is 30.4 Å². The van der Waals surface area contributed by atoms with Crippen LogP contribution in [0, 0.1) is 5.92 Å². The minimum absolute atomic E-state index is 0. The Bertz CT molecular complexity index is 616. The number of carbonyl (C=O) groups is 1. The zero-order chi connectivity index (χ0) is 13.8. The average Bonchev–Trinajstić information content (AvgIpc) is 2.43. The van der Waals surface area contributed by atoms with Crippen molar-refractivity contribution in [1.29, 1.82) is 0 Å². The van der Waals surface area contributed by atoms with Crippen LogP contribution >= 0.6 is 24.2 Å². The Labute approximate surface area is 135 Å². The summed E-state index contributed by atoms with van der Waals surface area (Å²) in [5, 5.41) is 8.65. The Morgan fingerprint density at radius 2 is 1.95 bits per heavy atom. The van der Waals surface area contributed by atoms with Crippen molar-refractivity contribution in [3.05, 3.63) is 42.5 Å². The zero-order valence-corrected chi connectivity index (χ0v) is 13.3. The van der Waals surface area contributed by atoms with E-state index in [4.69, 9.17) is 0 Å². The number of thioether (sulfide) groups is 1. The van der Waals surface area contributed by atoms with Crippen molar-refractivity contribution >= 4 is 40.8 Å². The van der Waals surface area contributed by atoms with Gasteiger partial charge in [-0.15, -0.1) is 24.2 Å². The maximum absolute atomic E-state index is 11.8. The van der Waals surface area contributed by atoms with E-state index in [1.54, 1.807) is 11.8 Å². The monoisotopic (exact) mass is 322 g/mol. The summed E-state index contributed by atoms with van der Waals surface area (Å²) >= 11 is 1.59. The third-order valence-corrected chi connectivity index (χ3v) is 4.54. The van der Waals surface area contributed by atoms with Crippen LogP contribution in [-0.2, 0) is 4.79 Å². The number of rotatable bonds is 5. The minimum Gasteiger partial charge on any atom is -0.355 e. The molecule has 3 nitrogen and oxygen atoms in total. The summed E-state index contributed by atoms with van der Waals surface area (Å²) in [6, 6.07) is 14.6.